The van der Waals surface area contributed by atoms with Crippen LogP contribution in [-0.4, -0.2) is 58.4 Å². The maximum Gasteiger partial charge on any atom is 0.212 e. The van der Waals surface area contributed by atoms with Crippen LogP contribution in [0.4, 0.5) is 0 Å². The van der Waals surface area contributed by atoms with Gasteiger partial charge in [0.15, 0.2) is 23.1 Å². The molecule has 0 spiro atoms. The van der Waals surface area contributed by atoms with E-state index in [1.165, 1.54) is 24.6 Å². The quantitative estimate of drug-likeness (QED) is 0.537. The van der Waals surface area contributed by atoms with E-state index >= 15 is 0 Å². The second-order valence-corrected chi connectivity index (χ2v) is 9.26. The molecule has 5 rings (SSSR count). The van der Waals surface area contributed by atoms with E-state index in [0.29, 0.717) is 26.1 Å². The third-order valence-corrected chi connectivity index (χ3v) is 6.56. The Morgan fingerprint density at radius 3 is 2.68 bits per heavy atom. The van der Waals surface area contributed by atoms with Crippen LogP contribution in [0.15, 0.2) is 36.7 Å². The largest absolute Gasteiger partial charge is 0.375 e. The Morgan fingerprint density at radius 2 is 1.97 bits per heavy atom. The smallest absolute Gasteiger partial charge is 0.212 e. The van der Waals surface area contributed by atoms with Gasteiger partial charge in [0.1, 0.15) is 17.9 Å². The van der Waals surface area contributed by atoms with Crippen molar-refractivity contribution in [1.29, 1.82) is 0 Å². The maximum atomic E-state index is 13.3. The summed E-state index contributed by atoms with van der Waals surface area (Å²) in [6.07, 6.45) is 0.347. The van der Waals surface area contributed by atoms with Crippen LogP contribution in [0.25, 0.3) is 4.96 Å². The Kier molecular flexibility index (Phi) is 5.00. The summed E-state index contributed by atoms with van der Waals surface area (Å²) in [7, 11) is 1.50. The summed E-state index contributed by atoms with van der Waals surface area (Å²) >= 11 is 7.11. The molecule has 3 aromatic rings. The van der Waals surface area contributed by atoms with Crippen LogP contribution in [0.3, 0.4) is 0 Å². The molecule has 2 aliphatic heterocycles. The molecule has 162 valence electrons. The Balaban J connectivity index is 1.42. The number of methoxy groups -OCH3 is 1. The minimum absolute atomic E-state index is 0.170. The molecule has 0 saturated carbocycles. The second-order valence-electron chi connectivity index (χ2n) is 7.82. The number of nitrogens with zero attached hydrogens (tertiary/aromatic N) is 2. The summed E-state index contributed by atoms with van der Waals surface area (Å²) < 4.78 is 24.6. The summed E-state index contributed by atoms with van der Waals surface area (Å²) in [5, 5.41) is 0.552. The van der Waals surface area contributed by atoms with E-state index in [1.54, 1.807) is 48.7 Å². The summed E-state index contributed by atoms with van der Waals surface area (Å²) in [4.78, 5) is 31.4. The SMILES string of the molecule is CO[C@@H]1[C@H]2OC(C)(C)O[C@H]2O[C@@H]1C(=O)c1cnc2sc(C(=O)c3ccc(Cl)cc3)cn12. The third kappa shape index (κ3) is 3.51. The number of Topliss-reactive ketones (excluding diaryl/α,β-unsaturated/α-hetero) is 1. The Morgan fingerprint density at radius 1 is 1.23 bits per heavy atom. The first-order chi connectivity index (χ1) is 14.8. The standard InChI is InChI=1S/C21H19ClN2O6S/c1-21(2)29-18-17(27-3)16(28-19(18)30-21)15(26)12-8-23-20-24(12)9-13(31-20)14(25)10-4-6-11(22)7-5-10/h4-9,16-19H,1-3H3/t16-,17+,18-,19-/m1/s1. The van der Waals surface area contributed by atoms with E-state index in [2.05, 4.69) is 4.98 Å². The predicted molar refractivity (Wildman–Crippen MR) is 112 cm³/mol. The van der Waals surface area contributed by atoms with Crippen molar-refractivity contribution < 1.29 is 28.5 Å². The molecule has 4 heterocycles. The van der Waals surface area contributed by atoms with E-state index in [0.717, 1.165) is 0 Å². The molecule has 0 bridgehead atoms. The van der Waals surface area contributed by atoms with E-state index in [9.17, 15) is 9.59 Å². The van der Waals surface area contributed by atoms with Crippen LogP contribution in [0.2, 0.25) is 5.02 Å². The average molecular weight is 463 g/mol. The summed E-state index contributed by atoms with van der Waals surface area (Å²) in [5.41, 5.74) is 0.804. The lowest BCUT2D eigenvalue weighted by Gasteiger charge is -2.24. The van der Waals surface area contributed by atoms with Crippen LogP contribution in [0.5, 0.6) is 0 Å². The molecule has 0 N–H and O–H groups in total. The van der Waals surface area contributed by atoms with Gasteiger partial charge in [0.05, 0.1) is 11.1 Å². The van der Waals surface area contributed by atoms with Crippen molar-refractivity contribution in [1.82, 2.24) is 9.38 Å². The van der Waals surface area contributed by atoms with Crippen molar-refractivity contribution in [2.75, 3.05) is 7.11 Å². The molecule has 8 nitrogen and oxygen atoms in total. The van der Waals surface area contributed by atoms with Gasteiger partial charge < -0.3 is 18.9 Å². The molecular formula is C21H19ClN2O6S. The highest BCUT2D eigenvalue weighted by atomic mass is 35.5. The second kappa shape index (κ2) is 7.47. The fourth-order valence-electron chi connectivity index (χ4n) is 3.91. The van der Waals surface area contributed by atoms with E-state index in [1.807, 2.05) is 0 Å². The van der Waals surface area contributed by atoms with Gasteiger partial charge in [-0.15, -0.1) is 0 Å². The molecule has 2 fully saturated rings. The number of benzene rings is 1. The first-order valence-electron chi connectivity index (χ1n) is 9.63. The van der Waals surface area contributed by atoms with Crippen molar-refractivity contribution in [3.8, 4) is 0 Å². The van der Waals surface area contributed by atoms with Crippen molar-refractivity contribution in [2.45, 2.75) is 44.2 Å². The van der Waals surface area contributed by atoms with Crippen LogP contribution in [-0.2, 0) is 18.9 Å². The van der Waals surface area contributed by atoms with Gasteiger partial charge in [-0.3, -0.25) is 14.0 Å². The topological polar surface area (TPSA) is 88.4 Å². The third-order valence-electron chi connectivity index (χ3n) is 5.31. The monoisotopic (exact) mass is 462 g/mol. The zero-order chi connectivity index (χ0) is 21.9. The lowest BCUT2D eigenvalue weighted by atomic mass is 10.1. The zero-order valence-electron chi connectivity index (χ0n) is 16.9. The number of ether oxygens (including phenoxy) is 4. The van der Waals surface area contributed by atoms with Crippen molar-refractivity contribution in [3.05, 3.63) is 57.8 Å². The van der Waals surface area contributed by atoms with Gasteiger partial charge in [-0.25, -0.2) is 4.98 Å². The fraction of sp³-hybridized carbons (Fsp3) is 0.381. The minimum Gasteiger partial charge on any atom is -0.375 e. The molecule has 1 aromatic carbocycles. The number of hydrogen-bond acceptors (Lipinski definition) is 8. The fourth-order valence-corrected chi connectivity index (χ4v) is 4.96. The number of hydrogen-bond donors (Lipinski definition) is 0. The number of imidazole rings is 1. The molecule has 2 saturated heterocycles. The van der Waals surface area contributed by atoms with Gasteiger partial charge in [-0.05, 0) is 38.1 Å². The van der Waals surface area contributed by atoms with Gasteiger partial charge in [0, 0.05) is 23.9 Å². The van der Waals surface area contributed by atoms with Crippen LogP contribution < -0.4 is 0 Å². The maximum absolute atomic E-state index is 13.3. The number of halogens is 1. The number of aromatic nitrogens is 2. The highest BCUT2D eigenvalue weighted by molar-refractivity contribution is 7.19. The molecule has 0 unspecified atom stereocenters. The average Bonchev–Trinajstić information content (AvgIpc) is 3.45. The highest BCUT2D eigenvalue weighted by Crippen LogP contribution is 2.39. The predicted octanol–water partition coefficient (Wildman–Crippen LogP) is 3.35. The molecule has 10 heteroatoms. The molecule has 4 atom stereocenters. The van der Waals surface area contributed by atoms with Gasteiger partial charge in [0.25, 0.3) is 0 Å². The first kappa shape index (κ1) is 20.7. The number of rotatable bonds is 5. The van der Waals surface area contributed by atoms with Crippen LogP contribution in [0, 0.1) is 0 Å². The Bertz CT molecular complexity index is 1170. The normalized spacial score (nSPS) is 27.0. The van der Waals surface area contributed by atoms with Crippen LogP contribution in [0.1, 0.15) is 39.6 Å². The summed E-state index contributed by atoms with van der Waals surface area (Å²) in [5.74, 6) is -1.30. The van der Waals surface area contributed by atoms with Gasteiger partial charge in [-0.1, -0.05) is 22.9 Å². The minimum atomic E-state index is -0.911. The summed E-state index contributed by atoms with van der Waals surface area (Å²) in [6, 6.07) is 6.64. The lowest BCUT2D eigenvalue weighted by Crippen LogP contribution is -2.40. The van der Waals surface area contributed by atoms with Crippen molar-refractivity contribution in [2.24, 2.45) is 0 Å². The Labute approximate surface area is 186 Å². The van der Waals surface area contributed by atoms with E-state index in [-0.39, 0.29) is 11.6 Å². The van der Waals surface area contributed by atoms with Gasteiger partial charge in [0.2, 0.25) is 11.6 Å². The highest BCUT2D eigenvalue weighted by Gasteiger charge is 2.57. The van der Waals surface area contributed by atoms with Crippen molar-refractivity contribution >= 4 is 39.5 Å². The zero-order valence-corrected chi connectivity index (χ0v) is 18.5. The van der Waals surface area contributed by atoms with Crippen molar-refractivity contribution in [3.63, 3.8) is 0 Å². The molecule has 31 heavy (non-hydrogen) atoms. The molecule has 0 amide bonds. The molecule has 2 aliphatic rings. The summed E-state index contributed by atoms with van der Waals surface area (Å²) in [6.45, 7) is 3.56. The number of fused-ring (bicyclic) bond motifs is 2. The molecular weight excluding hydrogens is 444 g/mol. The van der Waals surface area contributed by atoms with E-state index in [4.69, 9.17) is 30.5 Å². The lowest BCUT2D eigenvalue weighted by molar-refractivity contribution is -0.210. The molecule has 2 aromatic heterocycles. The van der Waals surface area contributed by atoms with E-state index < -0.39 is 30.4 Å². The molecule has 0 aliphatic carbocycles. The number of thiazole rings is 1. The first-order valence-corrected chi connectivity index (χ1v) is 10.8. The number of carbonyl (C=O) groups excluding carboxylic acids is 2. The Hall–Kier alpha value is -2.14. The van der Waals surface area contributed by atoms with Gasteiger partial charge in [-0.2, -0.15) is 0 Å². The molecule has 0 radical (unpaired) electrons. The van der Waals surface area contributed by atoms with Gasteiger partial charge >= 0.3 is 0 Å². The van der Waals surface area contributed by atoms with Crippen LogP contribution >= 0.6 is 22.9 Å². The number of ketones is 2. The number of carbonyl (C=O) groups is 2.